The molecule has 17 heavy (non-hydrogen) atoms. The Kier molecular flexibility index (Phi) is 4.13. The second-order valence-electron chi connectivity index (χ2n) is 5.06. The van der Waals surface area contributed by atoms with Gasteiger partial charge in [-0.2, -0.15) is 11.8 Å². The summed E-state index contributed by atoms with van der Waals surface area (Å²) in [5.74, 6) is 8.95. The molecule has 0 radical (unpaired) electrons. The highest BCUT2D eigenvalue weighted by Gasteiger charge is 2.27. The van der Waals surface area contributed by atoms with E-state index in [1.165, 1.54) is 40.2 Å². The maximum Gasteiger partial charge on any atom is 0.0499 e. The van der Waals surface area contributed by atoms with E-state index in [1.807, 2.05) is 11.8 Å². The summed E-state index contributed by atoms with van der Waals surface area (Å²) < 4.78 is 0. The summed E-state index contributed by atoms with van der Waals surface area (Å²) in [5.41, 5.74) is 8.49. The van der Waals surface area contributed by atoms with Crippen LogP contribution >= 0.6 is 11.8 Å². The Morgan fingerprint density at radius 2 is 1.94 bits per heavy atom. The van der Waals surface area contributed by atoms with Crippen molar-refractivity contribution in [3.63, 3.8) is 0 Å². The molecule has 1 aliphatic heterocycles. The molecule has 0 saturated carbocycles. The van der Waals surface area contributed by atoms with Crippen LogP contribution in [0.2, 0.25) is 0 Å². The van der Waals surface area contributed by atoms with Gasteiger partial charge < -0.3 is 0 Å². The molecule has 1 saturated heterocycles. The molecule has 1 aliphatic rings. The van der Waals surface area contributed by atoms with Gasteiger partial charge in [-0.1, -0.05) is 12.1 Å². The fourth-order valence-electron chi connectivity index (χ4n) is 2.61. The van der Waals surface area contributed by atoms with E-state index in [0.29, 0.717) is 12.0 Å². The third-order valence-corrected chi connectivity index (χ3v) is 5.02. The summed E-state index contributed by atoms with van der Waals surface area (Å²) in [5, 5.41) is 0. The molecule has 0 amide bonds. The van der Waals surface area contributed by atoms with Crippen LogP contribution in [0.15, 0.2) is 12.1 Å². The van der Waals surface area contributed by atoms with Crippen LogP contribution in [-0.4, -0.2) is 11.5 Å². The topological polar surface area (TPSA) is 38.0 Å². The molecule has 2 atom stereocenters. The molecular weight excluding hydrogens is 228 g/mol. The average Bonchev–Trinajstić information content (AvgIpc) is 2.80. The summed E-state index contributed by atoms with van der Waals surface area (Å²) in [6.07, 6.45) is 1.27. The van der Waals surface area contributed by atoms with Gasteiger partial charge in [0.2, 0.25) is 0 Å². The largest absolute Gasteiger partial charge is 0.271 e. The first-order chi connectivity index (χ1) is 8.13. The predicted octanol–water partition coefficient (Wildman–Crippen LogP) is 2.87. The first-order valence-corrected chi connectivity index (χ1v) is 7.40. The number of thioether (sulfide) groups is 1. The van der Waals surface area contributed by atoms with Crippen molar-refractivity contribution in [2.45, 2.75) is 33.2 Å². The lowest BCUT2D eigenvalue weighted by atomic mass is 9.88. The lowest BCUT2D eigenvalue weighted by Gasteiger charge is -2.25. The van der Waals surface area contributed by atoms with Gasteiger partial charge in [-0.3, -0.25) is 11.3 Å². The van der Waals surface area contributed by atoms with Gasteiger partial charge in [-0.25, -0.2) is 0 Å². The van der Waals surface area contributed by atoms with Gasteiger partial charge in [0.15, 0.2) is 0 Å². The predicted molar refractivity (Wildman–Crippen MR) is 76.1 cm³/mol. The molecule has 2 nitrogen and oxygen atoms in total. The molecule has 94 valence electrons. The molecule has 2 rings (SSSR count). The van der Waals surface area contributed by atoms with Gasteiger partial charge >= 0.3 is 0 Å². The van der Waals surface area contributed by atoms with Crippen LogP contribution in [0, 0.1) is 26.7 Å². The van der Waals surface area contributed by atoms with E-state index in [4.69, 9.17) is 5.84 Å². The summed E-state index contributed by atoms with van der Waals surface area (Å²) in [6.45, 7) is 6.53. The SMILES string of the molecule is Cc1cc(C)c(C(NN)C2CCSC2)cc1C. The minimum Gasteiger partial charge on any atom is -0.271 e. The quantitative estimate of drug-likeness (QED) is 0.640. The van der Waals surface area contributed by atoms with Crippen LogP contribution in [0.4, 0.5) is 0 Å². The van der Waals surface area contributed by atoms with Crippen LogP contribution in [-0.2, 0) is 0 Å². The summed E-state index contributed by atoms with van der Waals surface area (Å²) in [6, 6.07) is 4.89. The zero-order chi connectivity index (χ0) is 12.4. The molecule has 1 aromatic carbocycles. The van der Waals surface area contributed by atoms with Gasteiger partial charge in [0.1, 0.15) is 0 Å². The van der Waals surface area contributed by atoms with Crippen molar-refractivity contribution in [3.8, 4) is 0 Å². The maximum absolute atomic E-state index is 5.78. The second-order valence-corrected chi connectivity index (χ2v) is 6.21. The smallest absolute Gasteiger partial charge is 0.0499 e. The van der Waals surface area contributed by atoms with Crippen molar-refractivity contribution in [1.29, 1.82) is 0 Å². The van der Waals surface area contributed by atoms with Crippen LogP contribution in [0.25, 0.3) is 0 Å². The van der Waals surface area contributed by atoms with Crippen molar-refractivity contribution >= 4 is 11.8 Å². The molecule has 0 aliphatic carbocycles. The molecular formula is C14H22N2S. The van der Waals surface area contributed by atoms with E-state index in [0.717, 1.165) is 0 Å². The minimum atomic E-state index is 0.310. The number of hydrogen-bond donors (Lipinski definition) is 2. The molecule has 1 aromatic rings. The summed E-state index contributed by atoms with van der Waals surface area (Å²) >= 11 is 2.04. The van der Waals surface area contributed by atoms with Gasteiger partial charge in [0, 0.05) is 6.04 Å². The van der Waals surface area contributed by atoms with E-state index in [2.05, 4.69) is 38.3 Å². The standard InChI is InChI=1S/C14H22N2S/c1-9-6-11(3)13(7-10(9)2)14(16-15)12-4-5-17-8-12/h6-7,12,14,16H,4-5,8,15H2,1-3H3. The van der Waals surface area contributed by atoms with Gasteiger partial charge in [0.25, 0.3) is 0 Å². The Hall–Kier alpha value is -0.510. The van der Waals surface area contributed by atoms with Gasteiger partial charge in [-0.05, 0) is 66.9 Å². The second kappa shape index (κ2) is 5.42. The monoisotopic (exact) mass is 250 g/mol. The molecule has 1 heterocycles. The molecule has 3 N–H and O–H groups in total. The van der Waals surface area contributed by atoms with Crippen molar-refractivity contribution < 1.29 is 0 Å². The van der Waals surface area contributed by atoms with E-state index in [1.54, 1.807) is 0 Å². The normalized spacial score (nSPS) is 21.8. The lowest BCUT2D eigenvalue weighted by Crippen LogP contribution is -2.34. The number of nitrogens with two attached hydrogens (primary N) is 1. The number of aryl methyl sites for hydroxylation is 3. The average molecular weight is 250 g/mol. The zero-order valence-electron chi connectivity index (χ0n) is 10.9. The number of hydrazine groups is 1. The van der Waals surface area contributed by atoms with Gasteiger partial charge in [0.05, 0.1) is 0 Å². The first kappa shape index (κ1) is 12.9. The van der Waals surface area contributed by atoms with Crippen LogP contribution in [0.3, 0.4) is 0 Å². The minimum absolute atomic E-state index is 0.310. The molecule has 0 aromatic heterocycles. The van der Waals surface area contributed by atoms with E-state index < -0.39 is 0 Å². The number of benzene rings is 1. The molecule has 0 spiro atoms. The van der Waals surface area contributed by atoms with E-state index in [-0.39, 0.29) is 0 Å². The Balaban J connectivity index is 2.32. The number of hydrogen-bond acceptors (Lipinski definition) is 3. The van der Waals surface area contributed by atoms with Gasteiger partial charge in [-0.15, -0.1) is 0 Å². The fraction of sp³-hybridized carbons (Fsp3) is 0.571. The number of rotatable bonds is 3. The van der Waals surface area contributed by atoms with E-state index >= 15 is 0 Å². The van der Waals surface area contributed by atoms with Crippen LogP contribution in [0.1, 0.15) is 34.7 Å². The van der Waals surface area contributed by atoms with Crippen LogP contribution < -0.4 is 11.3 Å². The highest BCUT2D eigenvalue weighted by molar-refractivity contribution is 7.99. The third-order valence-electron chi connectivity index (χ3n) is 3.83. The Morgan fingerprint density at radius 1 is 1.24 bits per heavy atom. The highest BCUT2D eigenvalue weighted by Crippen LogP contribution is 2.35. The molecule has 3 heteroatoms. The van der Waals surface area contributed by atoms with Crippen molar-refractivity contribution in [2.75, 3.05) is 11.5 Å². The Labute approximate surface area is 108 Å². The van der Waals surface area contributed by atoms with Crippen molar-refractivity contribution in [2.24, 2.45) is 11.8 Å². The van der Waals surface area contributed by atoms with Crippen molar-refractivity contribution in [3.05, 3.63) is 34.4 Å². The van der Waals surface area contributed by atoms with Crippen molar-refractivity contribution in [1.82, 2.24) is 5.43 Å². The Bertz CT molecular complexity index is 397. The molecule has 2 unspecified atom stereocenters. The summed E-state index contributed by atoms with van der Waals surface area (Å²) in [7, 11) is 0. The van der Waals surface area contributed by atoms with E-state index in [9.17, 15) is 0 Å². The van der Waals surface area contributed by atoms with Crippen LogP contribution in [0.5, 0.6) is 0 Å². The molecule has 1 fully saturated rings. The lowest BCUT2D eigenvalue weighted by molar-refractivity contribution is 0.399. The maximum atomic E-state index is 5.78. The fourth-order valence-corrected chi connectivity index (χ4v) is 3.91. The third kappa shape index (κ3) is 2.67. The first-order valence-electron chi connectivity index (χ1n) is 6.25. The zero-order valence-corrected chi connectivity index (χ0v) is 11.7. The Morgan fingerprint density at radius 3 is 2.53 bits per heavy atom. The highest BCUT2D eigenvalue weighted by atomic mass is 32.2. The molecule has 0 bridgehead atoms. The number of nitrogens with one attached hydrogen (secondary N) is 1. The summed E-state index contributed by atoms with van der Waals surface area (Å²) in [4.78, 5) is 0.